The zero-order chi connectivity index (χ0) is 21.3. The number of hydrogen-bond acceptors (Lipinski definition) is 8. The molecule has 2 aromatic heterocycles. The van der Waals surface area contributed by atoms with E-state index in [1.54, 1.807) is 0 Å². The molecule has 1 fully saturated rings. The van der Waals surface area contributed by atoms with Gasteiger partial charge in [-0.05, 0) is 34.2 Å². The molecule has 0 spiro atoms. The Morgan fingerprint density at radius 3 is 2.52 bits per heavy atom. The van der Waals surface area contributed by atoms with E-state index in [0.717, 1.165) is 0 Å². The Hall–Kier alpha value is -2.06. The lowest BCUT2D eigenvalue weighted by Crippen LogP contribution is -2.29. The van der Waals surface area contributed by atoms with Crippen molar-refractivity contribution in [2.75, 3.05) is 6.61 Å². The van der Waals surface area contributed by atoms with E-state index in [2.05, 4.69) is 15.0 Å². The van der Waals surface area contributed by atoms with E-state index in [9.17, 15) is 24.6 Å². The summed E-state index contributed by atoms with van der Waals surface area (Å²) in [7, 11) is 0. The number of aromatic nitrogens is 4. The Morgan fingerprint density at radius 2 is 1.90 bits per heavy atom. The number of rotatable bonds is 7. The van der Waals surface area contributed by atoms with Gasteiger partial charge in [0.2, 0.25) is 5.28 Å². The quantitative estimate of drug-likeness (QED) is 0.230. The van der Waals surface area contributed by atoms with E-state index in [1.165, 1.54) is 17.8 Å². The summed E-state index contributed by atoms with van der Waals surface area (Å²) in [4.78, 5) is 46.5. The molecule has 0 amide bonds. The molecule has 0 radical (unpaired) electrons. The molecule has 1 aliphatic rings. The van der Waals surface area contributed by atoms with Gasteiger partial charge < -0.3 is 19.7 Å². The van der Waals surface area contributed by atoms with E-state index in [4.69, 9.17) is 21.1 Å². The third-order valence-corrected chi connectivity index (χ3v) is 5.53. The third kappa shape index (κ3) is 4.75. The van der Waals surface area contributed by atoms with Crippen LogP contribution in [-0.4, -0.2) is 60.4 Å². The Bertz CT molecular complexity index is 968. The predicted octanol–water partition coefficient (Wildman–Crippen LogP) is 1.73. The highest BCUT2D eigenvalue weighted by Crippen LogP contribution is 2.44. The lowest BCUT2D eigenvalue weighted by Gasteiger charge is -2.22. The first-order valence-corrected chi connectivity index (χ1v) is 9.91. The molecule has 2 N–H and O–H groups in total. The third-order valence-electron chi connectivity index (χ3n) is 4.61. The summed E-state index contributed by atoms with van der Waals surface area (Å²) in [5, 5.41) is 18.7. The maximum atomic E-state index is 11.5. The largest absolute Gasteiger partial charge is 0.481 e. The van der Waals surface area contributed by atoms with Gasteiger partial charge in [0, 0.05) is 18.8 Å². The van der Waals surface area contributed by atoms with Gasteiger partial charge in [-0.15, -0.1) is 0 Å². The van der Waals surface area contributed by atoms with Gasteiger partial charge >= 0.3 is 17.9 Å². The average molecular weight is 539 g/mol. The Labute approximate surface area is 182 Å². The summed E-state index contributed by atoms with van der Waals surface area (Å²) in [5.74, 6) is -4.21. The van der Waals surface area contributed by atoms with Gasteiger partial charge in [0.05, 0.1) is 25.3 Å². The monoisotopic (exact) mass is 538 g/mol. The smallest absolute Gasteiger partial charge is 0.303 e. The number of esters is 1. The van der Waals surface area contributed by atoms with Gasteiger partial charge in [-0.2, -0.15) is 4.98 Å². The van der Waals surface area contributed by atoms with Crippen molar-refractivity contribution in [2.24, 2.45) is 11.8 Å². The molecule has 0 unspecified atom stereocenters. The Kier molecular flexibility index (Phi) is 6.53. The van der Waals surface area contributed by atoms with Crippen LogP contribution in [0.5, 0.6) is 0 Å². The maximum absolute atomic E-state index is 11.5. The van der Waals surface area contributed by atoms with Gasteiger partial charge in [-0.25, -0.2) is 9.97 Å². The first-order chi connectivity index (χ1) is 13.7. The number of ether oxygens (including phenoxy) is 2. The average Bonchev–Trinajstić information content (AvgIpc) is 3.15. The summed E-state index contributed by atoms with van der Waals surface area (Å²) in [5.41, 5.74) is 0.780. The van der Waals surface area contributed by atoms with Crippen LogP contribution in [0.25, 0.3) is 11.2 Å². The molecule has 1 saturated heterocycles. The van der Waals surface area contributed by atoms with Crippen molar-refractivity contribution >= 4 is 63.3 Å². The first kappa shape index (κ1) is 21.6. The molecule has 3 rings (SSSR count). The molecule has 1 aliphatic heterocycles. The molecule has 13 heteroatoms. The van der Waals surface area contributed by atoms with Crippen LogP contribution in [0.1, 0.15) is 26.0 Å². The van der Waals surface area contributed by atoms with Crippen molar-refractivity contribution in [3.63, 3.8) is 0 Å². The van der Waals surface area contributed by atoms with Crippen molar-refractivity contribution in [3.05, 3.63) is 15.3 Å². The van der Waals surface area contributed by atoms with Gasteiger partial charge in [0.15, 0.2) is 5.65 Å². The van der Waals surface area contributed by atoms with Crippen molar-refractivity contribution in [3.8, 4) is 0 Å². The number of halogens is 2. The van der Waals surface area contributed by atoms with Crippen LogP contribution >= 0.6 is 34.2 Å². The molecule has 156 valence electrons. The summed E-state index contributed by atoms with van der Waals surface area (Å²) >= 11 is 7.90. The first-order valence-electron chi connectivity index (χ1n) is 8.45. The molecule has 0 bridgehead atoms. The fourth-order valence-corrected chi connectivity index (χ4v) is 4.40. The molecule has 11 nitrogen and oxygen atoms in total. The van der Waals surface area contributed by atoms with Gasteiger partial charge in [0.25, 0.3) is 0 Å². The Morgan fingerprint density at radius 1 is 1.24 bits per heavy atom. The number of carboxylic acids is 2. The summed E-state index contributed by atoms with van der Waals surface area (Å²) in [6, 6.07) is 0. The van der Waals surface area contributed by atoms with E-state index < -0.39 is 42.1 Å². The second-order valence-electron chi connectivity index (χ2n) is 6.50. The lowest BCUT2D eigenvalue weighted by molar-refractivity contribution is -0.147. The number of imidazole rings is 1. The number of carboxylic acid groups (broad SMARTS) is 2. The van der Waals surface area contributed by atoms with Crippen molar-refractivity contribution < 1.29 is 34.1 Å². The predicted molar refractivity (Wildman–Crippen MR) is 105 cm³/mol. The van der Waals surface area contributed by atoms with Gasteiger partial charge in [-0.3, -0.25) is 19.0 Å². The van der Waals surface area contributed by atoms with Crippen LogP contribution in [-0.2, 0) is 23.9 Å². The highest BCUT2D eigenvalue weighted by Gasteiger charge is 2.48. The lowest BCUT2D eigenvalue weighted by atomic mass is 9.84. The zero-order valence-corrected chi connectivity index (χ0v) is 17.9. The number of carbonyl (C=O) groups excluding carboxylic acids is 1. The Balaban J connectivity index is 2.04. The second kappa shape index (κ2) is 8.75. The van der Waals surface area contributed by atoms with Crippen LogP contribution in [0, 0.1) is 15.5 Å². The van der Waals surface area contributed by atoms with Gasteiger partial charge in [-0.1, -0.05) is 0 Å². The number of carbonyl (C=O) groups is 3. The molecule has 0 aliphatic carbocycles. The minimum atomic E-state index is -1.11. The highest BCUT2D eigenvalue weighted by atomic mass is 127. The topological polar surface area (TPSA) is 154 Å². The van der Waals surface area contributed by atoms with Crippen molar-refractivity contribution in [1.82, 2.24) is 19.5 Å². The summed E-state index contributed by atoms with van der Waals surface area (Å²) in [6.45, 7) is 1.03. The normalized spacial score (nSPS) is 24.0. The van der Waals surface area contributed by atoms with E-state index in [1.807, 2.05) is 22.6 Å². The van der Waals surface area contributed by atoms with Crippen LogP contribution in [0.3, 0.4) is 0 Å². The molecule has 4 atom stereocenters. The van der Waals surface area contributed by atoms with E-state index >= 15 is 0 Å². The van der Waals surface area contributed by atoms with E-state index in [0.29, 0.717) is 14.9 Å². The molecule has 0 saturated carbocycles. The molecule has 0 aromatic carbocycles. The van der Waals surface area contributed by atoms with Crippen LogP contribution in [0.15, 0.2) is 6.33 Å². The summed E-state index contributed by atoms with van der Waals surface area (Å²) < 4.78 is 13.0. The second-order valence-corrected chi connectivity index (χ2v) is 7.86. The van der Waals surface area contributed by atoms with Crippen molar-refractivity contribution in [1.29, 1.82) is 0 Å². The molecule has 2 aromatic rings. The number of fused-ring (bicyclic) bond motifs is 1. The maximum Gasteiger partial charge on any atom is 0.303 e. The molecular weight excluding hydrogens is 523 g/mol. The molecular formula is C16H16ClIN4O7. The van der Waals surface area contributed by atoms with E-state index in [-0.39, 0.29) is 24.7 Å². The standard InChI is InChI=1S/C16H16ClIN4O7/c1-6(23)28-4-9-7(2-10(24)25)8(3-11(26)27)15(29-9)22-5-19-12-13(18)20-16(17)21-14(12)22/h5,7-9,15H,2-4H2,1H3,(H,24,25)(H,26,27)/t7-,8-,9+,15-/m1/s1. The number of aliphatic carboxylic acids is 2. The summed E-state index contributed by atoms with van der Waals surface area (Å²) in [6.07, 6.45) is -0.973. The number of hydrogen-bond donors (Lipinski definition) is 2. The fraction of sp³-hybridized carbons (Fsp3) is 0.500. The zero-order valence-electron chi connectivity index (χ0n) is 15.0. The van der Waals surface area contributed by atoms with Crippen LogP contribution in [0.2, 0.25) is 5.28 Å². The van der Waals surface area contributed by atoms with Gasteiger partial charge in [0.1, 0.15) is 22.1 Å². The fourth-order valence-electron chi connectivity index (χ4n) is 3.48. The highest BCUT2D eigenvalue weighted by molar-refractivity contribution is 14.1. The SMILES string of the molecule is CC(=O)OC[C@@H]1O[C@@H](n2cnc3c(I)nc(Cl)nc32)[C@H](CC(=O)O)[C@H]1CC(=O)O. The number of nitrogens with zero attached hydrogens (tertiary/aromatic N) is 4. The van der Waals surface area contributed by atoms with Crippen LogP contribution in [0.4, 0.5) is 0 Å². The minimum absolute atomic E-state index is 0.0185. The molecule has 3 heterocycles. The van der Waals surface area contributed by atoms with Crippen molar-refractivity contribution in [2.45, 2.75) is 32.1 Å². The molecule has 29 heavy (non-hydrogen) atoms. The minimum Gasteiger partial charge on any atom is -0.481 e. The van der Waals surface area contributed by atoms with Crippen LogP contribution < -0.4 is 0 Å².